The highest BCUT2D eigenvalue weighted by Crippen LogP contribution is 2.35. The highest BCUT2D eigenvalue weighted by atomic mass is 19.4. The molecule has 0 heterocycles. The lowest BCUT2D eigenvalue weighted by Gasteiger charge is -2.24. The highest BCUT2D eigenvalue weighted by molar-refractivity contribution is 6.14. The quantitative estimate of drug-likeness (QED) is 0.760. The Labute approximate surface area is 154 Å². The maximum absolute atomic E-state index is 13.1. The molecule has 0 unspecified atom stereocenters. The van der Waals surface area contributed by atoms with Crippen molar-refractivity contribution < 1.29 is 27.5 Å². The number of carbonyl (C=O) groups excluding carboxylic acids is 2. The van der Waals surface area contributed by atoms with E-state index in [4.69, 9.17) is 4.74 Å². The van der Waals surface area contributed by atoms with Crippen LogP contribution in [0.15, 0.2) is 48.5 Å². The first-order valence-electron chi connectivity index (χ1n) is 7.99. The Kier molecular flexibility index (Phi) is 5.78. The molecule has 0 aliphatic heterocycles. The van der Waals surface area contributed by atoms with Crippen molar-refractivity contribution in [1.29, 1.82) is 0 Å². The number of alkyl halides is 3. The molecule has 0 atom stereocenters. The van der Waals surface area contributed by atoms with Crippen LogP contribution in [0.3, 0.4) is 0 Å². The summed E-state index contributed by atoms with van der Waals surface area (Å²) in [5, 5.41) is 4.77. The van der Waals surface area contributed by atoms with Gasteiger partial charge in [-0.05, 0) is 50.2 Å². The van der Waals surface area contributed by atoms with Gasteiger partial charge in [0.25, 0.3) is 0 Å². The Hall–Kier alpha value is -3.03. The first kappa shape index (κ1) is 20.3. The summed E-state index contributed by atoms with van der Waals surface area (Å²) < 4.78 is 44.2. The molecule has 0 fully saturated rings. The number of hydrogen-bond donors (Lipinski definition) is 2. The van der Waals surface area contributed by atoms with Gasteiger partial charge in [-0.3, -0.25) is 9.59 Å². The number of halogens is 3. The Balaban J connectivity index is 2.15. The topological polar surface area (TPSA) is 67.4 Å². The molecule has 0 aliphatic rings. The van der Waals surface area contributed by atoms with Crippen LogP contribution in [-0.4, -0.2) is 18.9 Å². The minimum atomic E-state index is -4.63. The van der Waals surface area contributed by atoms with E-state index in [0.29, 0.717) is 11.4 Å². The number of anilines is 2. The van der Waals surface area contributed by atoms with Crippen molar-refractivity contribution >= 4 is 23.2 Å². The van der Waals surface area contributed by atoms with Gasteiger partial charge in [-0.1, -0.05) is 12.1 Å². The summed E-state index contributed by atoms with van der Waals surface area (Å²) in [6.07, 6.45) is -4.63. The molecule has 2 N–H and O–H groups in total. The van der Waals surface area contributed by atoms with Crippen molar-refractivity contribution in [3.8, 4) is 5.75 Å². The fourth-order valence-corrected chi connectivity index (χ4v) is 2.18. The van der Waals surface area contributed by atoms with Gasteiger partial charge in [-0.2, -0.15) is 13.2 Å². The fourth-order valence-electron chi connectivity index (χ4n) is 2.18. The van der Waals surface area contributed by atoms with E-state index in [-0.39, 0.29) is 0 Å². The van der Waals surface area contributed by atoms with Crippen molar-refractivity contribution in [2.45, 2.75) is 20.0 Å². The van der Waals surface area contributed by atoms with Gasteiger partial charge in [-0.25, -0.2) is 0 Å². The number of methoxy groups -OCH3 is 1. The Morgan fingerprint density at radius 1 is 0.889 bits per heavy atom. The lowest BCUT2D eigenvalue weighted by atomic mass is 9.90. The first-order chi connectivity index (χ1) is 12.6. The minimum Gasteiger partial charge on any atom is -0.497 e. The van der Waals surface area contributed by atoms with Crippen LogP contribution >= 0.6 is 0 Å². The number of para-hydroxylation sites is 1. The van der Waals surface area contributed by atoms with Gasteiger partial charge >= 0.3 is 6.18 Å². The van der Waals surface area contributed by atoms with Crippen LogP contribution < -0.4 is 15.4 Å². The molecule has 0 aromatic heterocycles. The second-order valence-corrected chi connectivity index (χ2v) is 6.31. The SMILES string of the molecule is COc1ccc(NC(=O)C(C)(C)C(=O)Nc2ccccc2C(F)(F)F)cc1. The van der Waals surface area contributed by atoms with Gasteiger partial charge in [0, 0.05) is 5.69 Å². The molecule has 2 amide bonds. The molecule has 2 rings (SSSR count). The van der Waals surface area contributed by atoms with Gasteiger partial charge in [0.15, 0.2) is 0 Å². The predicted octanol–water partition coefficient (Wildman–Crippen LogP) is 4.32. The zero-order chi connectivity index (χ0) is 20.2. The fraction of sp³-hybridized carbons (Fsp3) is 0.263. The third-order valence-electron chi connectivity index (χ3n) is 3.96. The Morgan fingerprint density at radius 2 is 1.44 bits per heavy atom. The molecule has 0 saturated heterocycles. The summed E-state index contributed by atoms with van der Waals surface area (Å²) in [6, 6.07) is 11.0. The number of benzene rings is 2. The second kappa shape index (κ2) is 7.69. The summed E-state index contributed by atoms with van der Waals surface area (Å²) in [5.74, 6) is -0.923. The second-order valence-electron chi connectivity index (χ2n) is 6.31. The average molecular weight is 380 g/mol. The van der Waals surface area contributed by atoms with Gasteiger partial charge < -0.3 is 15.4 Å². The van der Waals surface area contributed by atoms with E-state index < -0.39 is 34.7 Å². The Bertz CT molecular complexity index is 831. The molecular formula is C19H19F3N2O3. The molecule has 5 nitrogen and oxygen atoms in total. The normalized spacial score (nSPS) is 11.6. The first-order valence-corrected chi connectivity index (χ1v) is 7.99. The summed E-state index contributed by atoms with van der Waals surface area (Å²) in [5.41, 5.74) is -2.57. The maximum atomic E-state index is 13.1. The summed E-state index contributed by atoms with van der Waals surface area (Å²) >= 11 is 0. The third-order valence-corrected chi connectivity index (χ3v) is 3.96. The van der Waals surface area contributed by atoms with E-state index in [2.05, 4.69) is 10.6 Å². The van der Waals surface area contributed by atoms with Crippen molar-refractivity contribution in [2.75, 3.05) is 17.7 Å². The molecular weight excluding hydrogens is 361 g/mol. The lowest BCUT2D eigenvalue weighted by Crippen LogP contribution is -2.41. The number of carbonyl (C=O) groups is 2. The van der Waals surface area contributed by atoms with Crippen LogP contribution in [0.5, 0.6) is 5.75 Å². The zero-order valence-corrected chi connectivity index (χ0v) is 15.0. The molecule has 144 valence electrons. The van der Waals surface area contributed by atoms with Crippen LogP contribution in [0.2, 0.25) is 0 Å². The summed E-state index contributed by atoms with van der Waals surface area (Å²) in [7, 11) is 1.50. The van der Waals surface area contributed by atoms with Gasteiger partial charge in [-0.15, -0.1) is 0 Å². The summed E-state index contributed by atoms with van der Waals surface area (Å²) in [6.45, 7) is 2.66. The van der Waals surface area contributed by atoms with Crippen LogP contribution in [0.4, 0.5) is 24.5 Å². The van der Waals surface area contributed by atoms with Crippen LogP contribution in [0.25, 0.3) is 0 Å². The predicted molar refractivity (Wildman–Crippen MR) is 95.5 cm³/mol. The molecule has 2 aromatic rings. The third kappa shape index (κ3) is 4.78. The number of nitrogens with one attached hydrogen (secondary N) is 2. The zero-order valence-electron chi connectivity index (χ0n) is 15.0. The van der Waals surface area contributed by atoms with Crippen LogP contribution in [-0.2, 0) is 15.8 Å². The number of amides is 2. The summed E-state index contributed by atoms with van der Waals surface area (Å²) in [4.78, 5) is 25.0. The molecule has 8 heteroatoms. The standard InChI is InChI=1S/C19H19F3N2O3/c1-18(2,16(25)23-12-8-10-13(27-3)11-9-12)17(26)24-15-7-5-4-6-14(15)19(20,21)22/h4-11H,1-3H3,(H,23,25)(H,24,26). The van der Waals surface area contributed by atoms with Gasteiger partial charge in [0.05, 0.1) is 18.4 Å². The van der Waals surface area contributed by atoms with Gasteiger partial charge in [0.1, 0.15) is 11.2 Å². The van der Waals surface area contributed by atoms with Gasteiger partial charge in [0.2, 0.25) is 11.8 Å². The minimum absolute atomic E-state index is 0.402. The molecule has 0 bridgehead atoms. The smallest absolute Gasteiger partial charge is 0.418 e. The molecule has 0 aliphatic carbocycles. The van der Waals surface area contributed by atoms with Crippen molar-refractivity contribution in [1.82, 2.24) is 0 Å². The molecule has 0 spiro atoms. The van der Waals surface area contributed by atoms with E-state index in [1.54, 1.807) is 24.3 Å². The molecule has 2 aromatic carbocycles. The van der Waals surface area contributed by atoms with Crippen LogP contribution in [0.1, 0.15) is 19.4 Å². The van der Waals surface area contributed by atoms with E-state index in [1.165, 1.54) is 33.1 Å². The van der Waals surface area contributed by atoms with Crippen molar-refractivity contribution in [3.63, 3.8) is 0 Å². The lowest BCUT2D eigenvalue weighted by molar-refractivity contribution is -0.137. The van der Waals surface area contributed by atoms with E-state index >= 15 is 0 Å². The van der Waals surface area contributed by atoms with Crippen molar-refractivity contribution in [3.05, 3.63) is 54.1 Å². The Morgan fingerprint density at radius 3 is 2.00 bits per heavy atom. The highest BCUT2D eigenvalue weighted by Gasteiger charge is 2.39. The monoisotopic (exact) mass is 380 g/mol. The van der Waals surface area contributed by atoms with Crippen molar-refractivity contribution in [2.24, 2.45) is 5.41 Å². The molecule has 27 heavy (non-hydrogen) atoms. The molecule has 0 saturated carbocycles. The maximum Gasteiger partial charge on any atom is 0.418 e. The number of ether oxygens (including phenoxy) is 1. The largest absolute Gasteiger partial charge is 0.497 e. The number of hydrogen-bond acceptors (Lipinski definition) is 3. The van der Waals surface area contributed by atoms with Crippen LogP contribution in [0, 0.1) is 5.41 Å². The van der Waals surface area contributed by atoms with E-state index in [9.17, 15) is 22.8 Å². The van der Waals surface area contributed by atoms with E-state index in [0.717, 1.165) is 12.1 Å². The average Bonchev–Trinajstić information content (AvgIpc) is 2.61. The van der Waals surface area contributed by atoms with E-state index in [1.807, 2.05) is 0 Å². The molecule has 0 radical (unpaired) electrons. The number of rotatable bonds is 5.